The van der Waals surface area contributed by atoms with Gasteiger partial charge in [0, 0.05) is 36.5 Å². The van der Waals surface area contributed by atoms with Crippen LogP contribution < -0.4 is 10.2 Å². The molecule has 1 amide bonds. The number of hydrogen-bond acceptors (Lipinski definition) is 7. The van der Waals surface area contributed by atoms with Gasteiger partial charge in [0.15, 0.2) is 5.58 Å². The van der Waals surface area contributed by atoms with Crippen LogP contribution in [-0.4, -0.2) is 42.1 Å². The Hall–Kier alpha value is -4.24. The van der Waals surface area contributed by atoms with Crippen LogP contribution in [0.15, 0.2) is 59.0 Å². The van der Waals surface area contributed by atoms with Crippen molar-refractivity contribution >= 4 is 34.1 Å². The van der Waals surface area contributed by atoms with Gasteiger partial charge in [0.2, 0.25) is 5.89 Å². The van der Waals surface area contributed by atoms with Crippen molar-refractivity contribution in [1.82, 2.24) is 4.98 Å². The zero-order valence-electron chi connectivity index (χ0n) is 19.4. The van der Waals surface area contributed by atoms with Crippen LogP contribution in [0.2, 0.25) is 0 Å². The quantitative estimate of drug-likeness (QED) is 0.317. The number of nitro groups is 1. The molecule has 9 heteroatoms. The lowest BCUT2D eigenvalue weighted by Gasteiger charge is -2.30. The molecule has 5 rings (SSSR count). The zero-order chi connectivity index (χ0) is 24.5. The molecule has 35 heavy (non-hydrogen) atoms. The Morgan fingerprint density at radius 2 is 1.83 bits per heavy atom. The van der Waals surface area contributed by atoms with Crippen molar-refractivity contribution in [1.29, 1.82) is 0 Å². The molecule has 0 spiro atoms. The molecule has 1 N–H and O–H groups in total. The van der Waals surface area contributed by atoms with Crippen LogP contribution in [0, 0.1) is 24.0 Å². The van der Waals surface area contributed by atoms with E-state index in [2.05, 4.69) is 10.3 Å². The number of nitro benzene ring substituents is 1. The summed E-state index contributed by atoms with van der Waals surface area (Å²) in [5, 5.41) is 14.2. The maximum atomic E-state index is 13.3. The Morgan fingerprint density at radius 1 is 1.06 bits per heavy atom. The number of benzene rings is 3. The number of nitrogens with zero attached hydrogens (tertiary/aromatic N) is 3. The third-order valence-corrected chi connectivity index (χ3v) is 6.16. The summed E-state index contributed by atoms with van der Waals surface area (Å²) in [6.45, 7) is 6.31. The van der Waals surface area contributed by atoms with E-state index in [-0.39, 0.29) is 11.3 Å². The second-order valence-corrected chi connectivity index (χ2v) is 8.52. The number of rotatable bonds is 5. The second-order valence-electron chi connectivity index (χ2n) is 8.52. The van der Waals surface area contributed by atoms with Crippen LogP contribution in [0.25, 0.3) is 22.6 Å². The van der Waals surface area contributed by atoms with E-state index in [1.54, 1.807) is 24.3 Å². The van der Waals surface area contributed by atoms with E-state index in [0.29, 0.717) is 54.7 Å². The summed E-state index contributed by atoms with van der Waals surface area (Å²) in [5.41, 5.74) is 5.69. The van der Waals surface area contributed by atoms with Gasteiger partial charge >= 0.3 is 0 Å². The maximum absolute atomic E-state index is 13.3. The molecule has 2 heterocycles. The third kappa shape index (κ3) is 4.58. The minimum absolute atomic E-state index is 0.141. The van der Waals surface area contributed by atoms with E-state index < -0.39 is 10.8 Å². The number of non-ortho nitro benzene ring substituents is 1. The minimum Gasteiger partial charge on any atom is -0.436 e. The highest BCUT2D eigenvalue weighted by molar-refractivity contribution is 6.08. The summed E-state index contributed by atoms with van der Waals surface area (Å²) in [4.78, 5) is 30.7. The summed E-state index contributed by atoms with van der Waals surface area (Å²) >= 11 is 0. The summed E-state index contributed by atoms with van der Waals surface area (Å²) < 4.78 is 11.4. The minimum atomic E-state index is -0.503. The van der Waals surface area contributed by atoms with E-state index in [0.717, 1.165) is 16.6 Å². The third-order valence-electron chi connectivity index (χ3n) is 6.16. The molecule has 0 aliphatic carbocycles. The molecule has 178 valence electrons. The van der Waals surface area contributed by atoms with Gasteiger partial charge in [-0.2, -0.15) is 0 Å². The lowest BCUT2D eigenvalue weighted by molar-refractivity contribution is -0.384. The largest absolute Gasteiger partial charge is 0.436 e. The molecule has 1 aliphatic rings. The van der Waals surface area contributed by atoms with E-state index in [4.69, 9.17) is 9.15 Å². The number of carbonyl (C=O) groups excluding carboxylic acids is 1. The highest BCUT2D eigenvalue weighted by Gasteiger charge is 2.22. The Kier molecular flexibility index (Phi) is 5.92. The number of fused-ring (bicyclic) bond motifs is 1. The first kappa shape index (κ1) is 22.5. The van der Waals surface area contributed by atoms with Gasteiger partial charge in [-0.15, -0.1) is 0 Å². The molecule has 1 saturated heterocycles. The zero-order valence-corrected chi connectivity index (χ0v) is 19.4. The molecule has 0 radical (unpaired) electrons. The van der Waals surface area contributed by atoms with Crippen LogP contribution in [0.5, 0.6) is 0 Å². The Bertz CT molecular complexity index is 1400. The van der Waals surface area contributed by atoms with E-state index >= 15 is 0 Å². The van der Waals surface area contributed by atoms with Crippen molar-refractivity contribution in [2.75, 3.05) is 36.5 Å². The fourth-order valence-corrected chi connectivity index (χ4v) is 4.13. The van der Waals surface area contributed by atoms with E-state index in [1.807, 2.05) is 36.9 Å². The van der Waals surface area contributed by atoms with Crippen molar-refractivity contribution in [2.24, 2.45) is 0 Å². The molecule has 0 saturated carbocycles. The smallest absolute Gasteiger partial charge is 0.270 e. The summed E-state index contributed by atoms with van der Waals surface area (Å²) in [6.07, 6.45) is 0. The normalized spacial score (nSPS) is 13.7. The SMILES string of the molecule is Cc1cc2nc(-c3cccc(NC(=O)c4cc([N+](=O)[O-])ccc4N4CCOCC4)c3)oc2cc1C. The number of aromatic nitrogens is 1. The number of anilines is 2. The second kappa shape index (κ2) is 9.19. The molecule has 0 bridgehead atoms. The van der Waals surface area contributed by atoms with Gasteiger partial charge in [0.05, 0.1) is 29.4 Å². The molecule has 0 atom stereocenters. The average Bonchev–Trinajstić information content (AvgIpc) is 3.27. The van der Waals surface area contributed by atoms with Crippen molar-refractivity contribution in [3.8, 4) is 11.5 Å². The lowest BCUT2D eigenvalue weighted by Crippen LogP contribution is -2.37. The van der Waals surface area contributed by atoms with Gasteiger partial charge in [0.1, 0.15) is 5.52 Å². The molecular formula is C26H24N4O5. The van der Waals surface area contributed by atoms with Crippen molar-refractivity contribution < 1.29 is 18.9 Å². The molecule has 0 unspecified atom stereocenters. The number of amides is 1. The Labute approximate surface area is 201 Å². The highest BCUT2D eigenvalue weighted by atomic mass is 16.6. The van der Waals surface area contributed by atoms with Crippen LogP contribution in [-0.2, 0) is 4.74 Å². The number of hydrogen-bond donors (Lipinski definition) is 1. The molecular weight excluding hydrogens is 448 g/mol. The predicted molar refractivity (Wildman–Crippen MR) is 133 cm³/mol. The first-order valence-corrected chi connectivity index (χ1v) is 11.3. The number of aryl methyl sites for hydroxylation is 2. The van der Waals surface area contributed by atoms with Crippen molar-refractivity contribution in [3.05, 3.63) is 81.4 Å². The maximum Gasteiger partial charge on any atom is 0.270 e. The van der Waals surface area contributed by atoms with Gasteiger partial charge in [-0.05, 0) is 61.4 Å². The highest BCUT2D eigenvalue weighted by Crippen LogP contribution is 2.30. The van der Waals surface area contributed by atoms with Gasteiger partial charge < -0.3 is 19.4 Å². The molecule has 4 aromatic rings. The van der Waals surface area contributed by atoms with Gasteiger partial charge in [0.25, 0.3) is 11.6 Å². The monoisotopic (exact) mass is 472 g/mol. The van der Waals surface area contributed by atoms with E-state index in [1.165, 1.54) is 12.1 Å². The van der Waals surface area contributed by atoms with Crippen molar-refractivity contribution in [2.45, 2.75) is 13.8 Å². The first-order valence-electron chi connectivity index (χ1n) is 11.3. The van der Waals surface area contributed by atoms with Gasteiger partial charge in [-0.3, -0.25) is 14.9 Å². The molecule has 9 nitrogen and oxygen atoms in total. The topological polar surface area (TPSA) is 111 Å². The van der Waals surface area contributed by atoms with E-state index in [9.17, 15) is 14.9 Å². The molecule has 1 aromatic heterocycles. The molecule has 3 aromatic carbocycles. The van der Waals surface area contributed by atoms with Crippen LogP contribution in [0.4, 0.5) is 17.1 Å². The summed E-state index contributed by atoms with van der Waals surface area (Å²) in [6, 6.07) is 15.5. The van der Waals surface area contributed by atoms with Crippen LogP contribution in [0.3, 0.4) is 0 Å². The number of nitrogens with one attached hydrogen (secondary N) is 1. The standard InChI is InChI=1S/C26H24N4O5/c1-16-12-22-24(13-17(16)2)35-26(28-22)18-4-3-5-19(14-18)27-25(31)21-15-20(30(32)33)6-7-23(21)29-8-10-34-11-9-29/h3-7,12-15H,8-11H2,1-2H3,(H,27,31). The van der Waals surface area contributed by atoms with Gasteiger partial charge in [-0.25, -0.2) is 4.98 Å². The number of oxazole rings is 1. The van der Waals surface area contributed by atoms with Crippen LogP contribution in [0.1, 0.15) is 21.5 Å². The van der Waals surface area contributed by atoms with Gasteiger partial charge in [-0.1, -0.05) is 6.07 Å². The lowest BCUT2D eigenvalue weighted by atomic mass is 10.1. The number of ether oxygens (including phenoxy) is 1. The Balaban J connectivity index is 1.45. The average molecular weight is 473 g/mol. The number of carbonyl (C=O) groups is 1. The molecule has 1 fully saturated rings. The fourth-order valence-electron chi connectivity index (χ4n) is 4.13. The summed E-state index contributed by atoms with van der Waals surface area (Å²) in [7, 11) is 0. The van der Waals surface area contributed by atoms with Crippen LogP contribution >= 0.6 is 0 Å². The Morgan fingerprint density at radius 3 is 2.60 bits per heavy atom. The molecule has 1 aliphatic heterocycles. The number of morpholine rings is 1. The predicted octanol–water partition coefficient (Wildman–Crippen LogP) is 5.11. The first-order chi connectivity index (χ1) is 16.9. The fraction of sp³-hybridized carbons (Fsp3) is 0.231. The van der Waals surface area contributed by atoms with Crippen molar-refractivity contribution in [3.63, 3.8) is 0 Å². The summed E-state index contributed by atoms with van der Waals surface area (Å²) in [5.74, 6) is 0.0154.